The van der Waals surface area contributed by atoms with Gasteiger partial charge in [0.05, 0.1) is 12.3 Å². The average molecular weight is 339 g/mol. The number of nitrogens with one attached hydrogen (secondary N) is 1. The first-order chi connectivity index (χ1) is 8.93. The summed E-state index contributed by atoms with van der Waals surface area (Å²) in [6, 6.07) is 4.73. The Labute approximate surface area is 135 Å². The third-order valence-corrected chi connectivity index (χ3v) is 3.56. The monoisotopic (exact) mass is 338 g/mol. The largest absolute Gasteiger partial charge is 0.383 e. The molecule has 1 rings (SSSR count). The summed E-state index contributed by atoms with van der Waals surface area (Å²) in [5.41, 5.74) is 6.37. The molecule has 0 fully saturated rings. The van der Waals surface area contributed by atoms with Gasteiger partial charge in [0.25, 0.3) is 0 Å². The number of nitrogens with two attached hydrogens (primary N) is 1. The fourth-order valence-corrected chi connectivity index (χ4v) is 2.50. The number of anilines is 1. The number of hydrogen-bond donors (Lipinski definition) is 2. The van der Waals surface area contributed by atoms with Crippen LogP contribution in [-0.2, 0) is 9.53 Å². The third-order valence-electron chi connectivity index (χ3n) is 2.25. The van der Waals surface area contributed by atoms with Gasteiger partial charge in [-0.1, -0.05) is 25.4 Å². The first-order valence-corrected chi connectivity index (χ1v) is 7.21. The molecule has 0 radical (unpaired) electrons. The second-order valence-electron chi connectivity index (χ2n) is 4.36. The van der Waals surface area contributed by atoms with E-state index < -0.39 is 6.04 Å². The van der Waals surface area contributed by atoms with Crippen LogP contribution in [0.15, 0.2) is 23.1 Å². The molecule has 114 valence electrons. The predicted molar refractivity (Wildman–Crippen MR) is 88.2 cm³/mol. The topological polar surface area (TPSA) is 64.3 Å². The SMILES string of the molecule is COCC(N)C(=O)Nc1cc(Cl)ccc1SC(C)C.Cl. The molecule has 3 N–H and O–H groups in total. The first-order valence-electron chi connectivity index (χ1n) is 5.95. The van der Waals surface area contributed by atoms with Gasteiger partial charge in [-0.25, -0.2) is 0 Å². The van der Waals surface area contributed by atoms with Crippen LogP contribution in [-0.4, -0.2) is 30.9 Å². The molecule has 1 aromatic rings. The van der Waals surface area contributed by atoms with Crippen LogP contribution in [0.2, 0.25) is 5.02 Å². The van der Waals surface area contributed by atoms with Crippen molar-refractivity contribution >= 4 is 47.4 Å². The van der Waals surface area contributed by atoms with Gasteiger partial charge in [0.1, 0.15) is 6.04 Å². The predicted octanol–water partition coefficient (Wildman–Crippen LogP) is 3.17. The van der Waals surface area contributed by atoms with Crippen LogP contribution in [0.25, 0.3) is 0 Å². The van der Waals surface area contributed by atoms with Crippen LogP contribution in [0, 0.1) is 0 Å². The zero-order valence-electron chi connectivity index (χ0n) is 11.7. The summed E-state index contributed by atoms with van der Waals surface area (Å²) in [6.45, 7) is 4.35. The number of carbonyl (C=O) groups is 1. The minimum Gasteiger partial charge on any atom is -0.383 e. The second-order valence-corrected chi connectivity index (χ2v) is 6.41. The molecule has 1 unspecified atom stereocenters. The molecular formula is C13H20Cl2N2O2S. The lowest BCUT2D eigenvalue weighted by atomic mass is 10.2. The van der Waals surface area contributed by atoms with Crippen molar-refractivity contribution in [2.24, 2.45) is 5.73 Å². The average Bonchev–Trinajstić information content (AvgIpc) is 2.32. The Hall–Kier alpha value is -0.460. The van der Waals surface area contributed by atoms with E-state index in [0.29, 0.717) is 16.0 Å². The quantitative estimate of drug-likeness (QED) is 0.782. The molecule has 0 saturated carbocycles. The Kier molecular flexibility index (Phi) is 9.25. The highest BCUT2D eigenvalue weighted by atomic mass is 35.5. The molecule has 0 heterocycles. The molecule has 7 heteroatoms. The molecule has 1 amide bonds. The molecule has 1 aromatic carbocycles. The van der Waals surface area contributed by atoms with E-state index in [1.165, 1.54) is 7.11 Å². The fourth-order valence-electron chi connectivity index (χ4n) is 1.44. The Bertz CT molecular complexity index is 444. The lowest BCUT2D eigenvalue weighted by Crippen LogP contribution is -2.39. The number of ether oxygens (including phenoxy) is 1. The smallest absolute Gasteiger partial charge is 0.243 e. The van der Waals surface area contributed by atoms with Crippen molar-refractivity contribution in [3.8, 4) is 0 Å². The summed E-state index contributed by atoms with van der Waals surface area (Å²) in [5.74, 6) is -0.283. The van der Waals surface area contributed by atoms with Crippen molar-refractivity contribution in [3.63, 3.8) is 0 Å². The first kappa shape index (κ1) is 19.5. The van der Waals surface area contributed by atoms with Gasteiger partial charge in [-0.3, -0.25) is 4.79 Å². The third kappa shape index (κ3) is 6.33. The normalized spacial score (nSPS) is 11.9. The number of amides is 1. The number of carbonyl (C=O) groups excluding carboxylic acids is 1. The van der Waals surface area contributed by atoms with E-state index in [9.17, 15) is 4.79 Å². The highest BCUT2D eigenvalue weighted by molar-refractivity contribution is 8.00. The lowest BCUT2D eigenvalue weighted by Gasteiger charge is -2.15. The van der Waals surface area contributed by atoms with E-state index in [0.717, 1.165) is 4.90 Å². The molecular weight excluding hydrogens is 319 g/mol. The minimum atomic E-state index is -0.694. The van der Waals surface area contributed by atoms with Gasteiger partial charge in [-0.05, 0) is 18.2 Å². The van der Waals surface area contributed by atoms with Crippen molar-refractivity contribution < 1.29 is 9.53 Å². The summed E-state index contributed by atoms with van der Waals surface area (Å²) < 4.78 is 4.86. The summed E-state index contributed by atoms with van der Waals surface area (Å²) in [7, 11) is 1.51. The maximum Gasteiger partial charge on any atom is 0.243 e. The Balaban J connectivity index is 0.00000361. The number of benzene rings is 1. The molecule has 0 aromatic heterocycles. The number of rotatable bonds is 6. The van der Waals surface area contributed by atoms with Gasteiger partial charge < -0.3 is 15.8 Å². The van der Waals surface area contributed by atoms with Crippen molar-refractivity contribution in [3.05, 3.63) is 23.2 Å². The fraction of sp³-hybridized carbons (Fsp3) is 0.462. The standard InChI is InChI=1S/C13H19ClN2O2S.ClH/c1-8(2)19-12-5-4-9(14)6-11(12)16-13(17)10(15)7-18-3;/h4-6,8,10H,7,15H2,1-3H3,(H,16,17);1H. The Morgan fingerprint density at radius 2 is 2.15 bits per heavy atom. The van der Waals surface area contributed by atoms with E-state index in [-0.39, 0.29) is 24.9 Å². The molecule has 0 bridgehead atoms. The number of thioether (sulfide) groups is 1. The number of halogens is 2. The zero-order valence-corrected chi connectivity index (χ0v) is 14.1. The molecule has 0 aliphatic rings. The maximum absolute atomic E-state index is 11.9. The Morgan fingerprint density at radius 3 is 2.70 bits per heavy atom. The minimum absolute atomic E-state index is 0. The summed E-state index contributed by atoms with van der Waals surface area (Å²) in [6.07, 6.45) is 0. The molecule has 20 heavy (non-hydrogen) atoms. The highest BCUT2D eigenvalue weighted by Gasteiger charge is 2.15. The van der Waals surface area contributed by atoms with Crippen LogP contribution >= 0.6 is 35.8 Å². The molecule has 0 spiro atoms. The highest BCUT2D eigenvalue weighted by Crippen LogP contribution is 2.32. The van der Waals surface area contributed by atoms with Gasteiger partial charge in [-0.15, -0.1) is 24.2 Å². The van der Waals surface area contributed by atoms with E-state index in [1.54, 1.807) is 23.9 Å². The lowest BCUT2D eigenvalue weighted by molar-refractivity contribution is -0.118. The van der Waals surface area contributed by atoms with E-state index >= 15 is 0 Å². The molecule has 0 aliphatic carbocycles. The van der Waals surface area contributed by atoms with Gasteiger partial charge in [0, 0.05) is 22.3 Å². The molecule has 0 aliphatic heterocycles. The van der Waals surface area contributed by atoms with Crippen LogP contribution < -0.4 is 11.1 Å². The van der Waals surface area contributed by atoms with Crippen LogP contribution in [0.5, 0.6) is 0 Å². The van der Waals surface area contributed by atoms with Crippen molar-refractivity contribution in [1.29, 1.82) is 0 Å². The molecule has 0 saturated heterocycles. The van der Waals surface area contributed by atoms with Crippen LogP contribution in [0.4, 0.5) is 5.69 Å². The van der Waals surface area contributed by atoms with Crippen molar-refractivity contribution in [2.45, 2.75) is 30.0 Å². The van der Waals surface area contributed by atoms with Crippen molar-refractivity contribution in [2.75, 3.05) is 19.0 Å². The summed E-state index contributed by atoms with van der Waals surface area (Å²) >= 11 is 7.62. The second kappa shape index (κ2) is 9.47. The van der Waals surface area contributed by atoms with Gasteiger partial charge in [0.15, 0.2) is 0 Å². The number of methoxy groups -OCH3 is 1. The van der Waals surface area contributed by atoms with E-state index in [1.807, 2.05) is 6.07 Å². The summed E-state index contributed by atoms with van der Waals surface area (Å²) in [4.78, 5) is 12.9. The van der Waals surface area contributed by atoms with Crippen LogP contribution in [0.1, 0.15) is 13.8 Å². The van der Waals surface area contributed by atoms with Gasteiger partial charge in [0.2, 0.25) is 5.91 Å². The maximum atomic E-state index is 11.9. The van der Waals surface area contributed by atoms with Gasteiger partial charge >= 0.3 is 0 Å². The Morgan fingerprint density at radius 1 is 1.50 bits per heavy atom. The summed E-state index contributed by atoms with van der Waals surface area (Å²) in [5, 5.41) is 3.77. The van der Waals surface area contributed by atoms with Crippen LogP contribution in [0.3, 0.4) is 0 Å². The molecule has 4 nitrogen and oxygen atoms in total. The van der Waals surface area contributed by atoms with Crippen molar-refractivity contribution in [1.82, 2.24) is 0 Å². The number of hydrogen-bond acceptors (Lipinski definition) is 4. The van der Waals surface area contributed by atoms with E-state index in [4.69, 9.17) is 22.1 Å². The van der Waals surface area contributed by atoms with E-state index in [2.05, 4.69) is 19.2 Å². The molecule has 1 atom stereocenters. The van der Waals surface area contributed by atoms with Gasteiger partial charge in [-0.2, -0.15) is 0 Å². The zero-order chi connectivity index (χ0) is 14.4.